The Balaban J connectivity index is 1.45. The van der Waals surface area contributed by atoms with E-state index in [2.05, 4.69) is 10.3 Å². The lowest BCUT2D eigenvalue weighted by Crippen LogP contribution is -2.08. The highest BCUT2D eigenvalue weighted by Gasteiger charge is 2.18. The predicted octanol–water partition coefficient (Wildman–Crippen LogP) is 5.11. The lowest BCUT2D eigenvalue weighted by molar-refractivity contribution is -0.114. The van der Waals surface area contributed by atoms with Crippen LogP contribution in [0.15, 0.2) is 57.7 Å². The first-order valence-electron chi connectivity index (χ1n) is 10.1. The molecule has 0 aliphatic rings. The van der Waals surface area contributed by atoms with Gasteiger partial charge in [0.2, 0.25) is 5.91 Å². The fourth-order valence-corrected chi connectivity index (χ4v) is 4.22. The summed E-state index contributed by atoms with van der Waals surface area (Å²) in [6, 6.07) is 13.1. The number of hydrogen-bond donors (Lipinski definition) is 1. The summed E-state index contributed by atoms with van der Waals surface area (Å²) >= 11 is 7.06. The molecule has 0 fully saturated rings. The molecule has 2 heterocycles. The van der Waals surface area contributed by atoms with E-state index in [0.29, 0.717) is 43.0 Å². The summed E-state index contributed by atoms with van der Waals surface area (Å²) < 4.78 is 16.4. The molecule has 0 aliphatic carbocycles. The zero-order chi connectivity index (χ0) is 24.2. The number of rotatable bonds is 7. The second-order valence-electron chi connectivity index (χ2n) is 7.32. The Morgan fingerprint density at radius 3 is 2.62 bits per heavy atom. The van der Waals surface area contributed by atoms with E-state index in [1.54, 1.807) is 49.4 Å². The number of aryl methyl sites for hydroxylation is 1. The normalized spacial score (nSPS) is 10.8. The Morgan fingerprint density at radius 1 is 1.12 bits per heavy atom. The summed E-state index contributed by atoms with van der Waals surface area (Å²) in [6.45, 7) is 3.16. The highest BCUT2D eigenvalue weighted by atomic mass is 35.5. The molecule has 0 unspecified atom stereocenters. The second-order valence-corrected chi connectivity index (χ2v) is 8.84. The van der Waals surface area contributed by atoms with E-state index in [0.717, 1.165) is 0 Å². The third-order valence-corrected chi connectivity index (χ3v) is 6.07. The molecular weight excluding hydrogens is 480 g/mol. The van der Waals surface area contributed by atoms with Gasteiger partial charge in [-0.1, -0.05) is 11.6 Å². The molecule has 0 atom stereocenters. The zero-order valence-corrected chi connectivity index (χ0v) is 19.8. The average Bonchev–Trinajstić information content (AvgIpc) is 3.16. The van der Waals surface area contributed by atoms with Crippen molar-refractivity contribution in [2.75, 3.05) is 5.32 Å². The van der Waals surface area contributed by atoms with Gasteiger partial charge >= 0.3 is 11.6 Å². The number of carbonyl (C=O) groups is 2. The Morgan fingerprint density at radius 2 is 1.88 bits per heavy atom. The van der Waals surface area contributed by atoms with E-state index in [1.807, 2.05) is 0 Å². The molecule has 1 N–H and O–H groups in total. The van der Waals surface area contributed by atoms with Crippen molar-refractivity contribution in [2.24, 2.45) is 0 Å². The number of anilines is 1. The maximum atomic E-state index is 12.7. The lowest BCUT2D eigenvalue weighted by atomic mass is 10.1. The van der Waals surface area contributed by atoms with Crippen LogP contribution in [0.2, 0.25) is 5.02 Å². The van der Waals surface area contributed by atoms with Crippen LogP contribution in [0.5, 0.6) is 5.75 Å². The number of halogens is 1. The summed E-state index contributed by atoms with van der Waals surface area (Å²) in [4.78, 5) is 40.7. The van der Waals surface area contributed by atoms with Gasteiger partial charge in [-0.15, -0.1) is 11.3 Å². The van der Waals surface area contributed by atoms with Crippen molar-refractivity contribution in [1.29, 1.82) is 0 Å². The smallest absolute Gasteiger partial charge is 0.350 e. The monoisotopic (exact) mass is 498 g/mol. The molecule has 4 rings (SSSR count). The van der Waals surface area contributed by atoms with Crippen molar-refractivity contribution in [1.82, 2.24) is 4.98 Å². The van der Waals surface area contributed by atoms with Gasteiger partial charge in [-0.05, 0) is 43.3 Å². The minimum atomic E-state index is -0.589. The van der Waals surface area contributed by atoms with Crippen LogP contribution in [0.1, 0.15) is 32.9 Å². The van der Waals surface area contributed by atoms with Gasteiger partial charge in [0.05, 0.1) is 5.69 Å². The fourth-order valence-electron chi connectivity index (χ4n) is 3.22. The number of carbonyl (C=O) groups excluding carboxylic acids is 2. The van der Waals surface area contributed by atoms with Crippen molar-refractivity contribution in [3.63, 3.8) is 0 Å². The van der Waals surface area contributed by atoms with E-state index in [1.165, 1.54) is 24.3 Å². The number of ether oxygens (including phenoxy) is 2. The van der Waals surface area contributed by atoms with Crippen LogP contribution in [0.4, 0.5) is 5.69 Å². The van der Waals surface area contributed by atoms with Crippen LogP contribution >= 0.6 is 22.9 Å². The van der Waals surface area contributed by atoms with Crippen LogP contribution in [0, 0.1) is 6.92 Å². The molecule has 0 spiro atoms. The molecule has 2 aromatic carbocycles. The molecular formula is C24H19ClN2O6S. The summed E-state index contributed by atoms with van der Waals surface area (Å²) in [5, 5.41) is 4.46. The molecule has 0 saturated carbocycles. The van der Waals surface area contributed by atoms with Crippen molar-refractivity contribution in [3.8, 4) is 5.75 Å². The van der Waals surface area contributed by atoms with Gasteiger partial charge in [-0.2, -0.15) is 0 Å². The number of aromatic nitrogens is 1. The van der Waals surface area contributed by atoms with Gasteiger partial charge in [-0.25, -0.2) is 14.6 Å². The Labute approximate surface area is 203 Å². The van der Waals surface area contributed by atoms with E-state index < -0.39 is 11.6 Å². The summed E-state index contributed by atoms with van der Waals surface area (Å²) in [5.74, 6) is -0.161. The first kappa shape index (κ1) is 23.5. The van der Waals surface area contributed by atoms with Crippen LogP contribution < -0.4 is 15.7 Å². The maximum absolute atomic E-state index is 12.7. The number of esters is 1. The SMILES string of the molecule is CC(=O)Nc1ccc2c(COC(=O)c3sc(COc4ccc(Cl)cc4)nc3C)cc(=O)oc2c1. The molecule has 2 aromatic heterocycles. The molecule has 0 aliphatic heterocycles. The topological polar surface area (TPSA) is 108 Å². The van der Waals surface area contributed by atoms with E-state index in [-0.39, 0.29) is 24.7 Å². The third kappa shape index (κ3) is 5.62. The minimum absolute atomic E-state index is 0.131. The highest BCUT2D eigenvalue weighted by Crippen LogP contribution is 2.25. The molecule has 34 heavy (non-hydrogen) atoms. The average molecular weight is 499 g/mol. The standard InChI is InChI=1S/C24H19ClN2O6S/c1-13-23(34-21(26-13)12-31-18-6-3-16(25)4-7-18)24(30)32-11-15-9-22(29)33-20-10-17(27-14(2)28)5-8-19(15)20/h3-10H,11-12H2,1-2H3,(H,27,28). The minimum Gasteiger partial charge on any atom is -0.486 e. The number of fused-ring (bicyclic) bond motifs is 1. The largest absolute Gasteiger partial charge is 0.486 e. The van der Waals surface area contributed by atoms with Crippen LogP contribution in [-0.4, -0.2) is 16.9 Å². The maximum Gasteiger partial charge on any atom is 0.350 e. The van der Waals surface area contributed by atoms with E-state index in [9.17, 15) is 14.4 Å². The zero-order valence-electron chi connectivity index (χ0n) is 18.2. The number of hydrogen-bond acceptors (Lipinski definition) is 8. The number of amides is 1. The molecule has 10 heteroatoms. The van der Waals surface area contributed by atoms with Crippen molar-refractivity contribution in [2.45, 2.75) is 27.1 Å². The number of nitrogens with one attached hydrogen (secondary N) is 1. The molecule has 174 valence electrons. The Kier molecular flexibility index (Phi) is 6.95. The van der Waals surface area contributed by atoms with Crippen molar-refractivity contribution in [3.05, 3.63) is 85.1 Å². The molecule has 0 saturated heterocycles. The van der Waals surface area contributed by atoms with Crippen LogP contribution in [0.25, 0.3) is 11.0 Å². The van der Waals surface area contributed by atoms with E-state index >= 15 is 0 Å². The van der Waals surface area contributed by atoms with Gasteiger partial charge in [-0.3, -0.25) is 4.79 Å². The Bertz CT molecular complexity index is 1430. The predicted molar refractivity (Wildman–Crippen MR) is 129 cm³/mol. The summed E-state index contributed by atoms with van der Waals surface area (Å²) in [7, 11) is 0. The molecule has 1 amide bonds. The van der Waals surface area contributed by atoms with Gasteiger partial charge < -0.3 is 19.2 Å². The molecule has 0 bridgehead atoms. The van der Waals surface area contributed by atoms with E-state index in [4.69, 9.17) is 25.5 Å². The summed E-state index contributed by atoms with van der Waals surface area (Å²) in [6.07, 6.45) is 0. The van der Waals surface area contributed by atoms with Crippen molar-refractivity contribution >= 4 is 51.5 Å². The molecule has 4 aromatic rings. The number of nitrogens with zero attached hydrogens (tertiary/aromatic N) is 1. The summed E-state index contributed by atoms with van der Waals surface area (Å²) in [5.41, 5.74) is 1.20. The third-order valence-electron chi connectivity index (χ3n) is 4.71. The number of benzene rings is 2. The quantitative estimate of drug-likeness (QED) is 0.279. The lowest BCUT2D eigenvalue weighted by Gasteiger charge is -2.08. The number of thiazole rings is 1. The van der Waals surface area contributed by atoms with Crippen LogP contribution in [-0.2, 0) is 22.7 Å². The molecule has 0 radical (unpaired) electrons. The Hall–Kier alpha value is -3.69. The molecule has 8 nitrogen and oxygen atoms in total. The first-order chi connectivity index (χ1) is 16.3. The van der Waals surface area contributed by atoms with Gasteiger partial charge in [0.15, 0.2) is 0 Å². The highest BCUT2D eigenvalue weighted by molar-refractivity contribution is 7.13. The second kappa shape index (κ2) is 10.1. The van der Waals surface area contributed by atoms with Gasteiger partial charge in [0.25, 0.3) is 0 Å². The van der Waals surface area contributed by atoms with Gasteiger partial charge in [0.1, 0.15) is 34.4 Å². The first-order valence-corrected chi connectivity index (χ1v) is 11.3. The van der Waals surface area contributed by atoms with Gasteiger partial charge in [0, 0.05) is 40.7 Å². The fraction of sp³-hybridized carbons (Fsp3) is 0.167. The van der Waals surface area contributed by atoms with Crippen molar-refractivity contribution < 1.29 is 23.5 Å². The van der Waals surface area contributed by atoms with Crippen LogP contribution in [0.3, 0.4) is 0 Å².